The van der Waals surface area contributed by atoms with Gasteiger partial charge in [0, 0.05) is 6.54 Å². The van der Waals surface area contributed by atoms with Gasteiger partial charge in [-0.3, -0.25) is 4.79 Å². The van der Waals surface area contributed by atoms with Crippen LogP contribution in [0.3, 0.4) is 0 Å². The molecule has 2 N–H and O–H groups in total. The van der Waals surface area contributed by atoms with Crippen LogP contribution in [0.25, 0.3) is 0 Å². The lowest BCUT2D eigenvalue weighted by Gasteiger charge is -2.11. The van der Waals surface area contributed by atoms with Crippen LogP contribution in [-0.4, -0.2) is 34.2 Å². The van der Waals surface area contributed by atoms with Crippen LogP contribution in [-0.2, 0) is 4.79 Å². The molecule has 6 nitrogen and oxygen atoms in total. The first-order valence-electron chi connectivity index (χ1n) is 6.47. The third-order valence-electron chi connectivity index (χ3n) is 2.85. The molecule has 0 saturated heterocycles. The highest BCUT2D eigenvalue weighted by molar-refractivity contribution is 5.69. The van der Waals surface area contributed by atoms with Gasteiger partial charge in [0.2, 0.25) is 5.88 Å². The molecule has 0 aliphatic rings. The zero-order valence-corrected chi connectivity index (χ0v) is 11.6. The van der Waals surface area contributed by atoms with Crippen molar-refractivity contribution in [3.8, 4) is 5.88 Å². The second-order valence-corrected chi connectivity index (χ2v) is 4.39. The fourth-order valence-electron chi connectivity index (χ4n) is 1.63. The van der Waals surface area contributed by atoms with E-state index in [2.05, 4.69) is 15.3 Å². The molecule has 0 aromatic carbocycles. The number of carboxylic acid groups (broad SMARTS) is 1. The minimum atomic E-state index is -0.753. The van der Waals surface area contributed by atoms with Gasteiger partial charge in [-0.2, -0.15) is 0 Å². The van der Waals surface area contributed by atoms with Crippen molar-refractivity contribution in [2.45, 2.75) is 33.6 Å². The number of ether oxygens (including phenoxy) is 1. The predicted octanol–water partition coefficient (Wildman–Crippen LogP) is 2.10. The van der Waals surface area contributed by atoms with E-state index in [4.69, 9.17) is 9.84 Å². The Morgan fingerprint density at radius 1 is 1.53 bits per heavy atom. The molecule has 0 amide bonds. The van der Waals surface area contributed by atoms with Crippen LogP contribution < -0.4 is 10.1 Å². The smallest absolute Gasteiger partial charge is 0.306 e. The van der Waals surface area contributed by atoms with E-state index in [1.165, 1.54) is 6.33 Å². The number of rotatable bonds is 8. The molecule has 0 aliphatic heterocycles. The Hall–Kier alpha value is -1.85. The lowest BCUT2D eigenvalue weighted by atomic mass is 10.1. The molecule has 0 saturated carbocycles. The van der Waals surface area contributed by atoms with Crippen molar-refractivity contribution >= 4 is 11.8 Å². The average Bonchev–Trinajstić information content (AvgIpc) is 2.38. The molecule has 0 spiro atoms. The van der Waals surface area contributed by atoms with Crippen molar-refractivity contribution in [1.82, 2.24) is 9.97 Å². The Kier molecular flexibility index (Phi) is 6.05. The fraction of sp³-hybridized carbons (Fsp3) is 0.615. The number of aromatic nitrogens is 2. The number of carboxylic acids is 1. The van der Waals surface area contributed by atoms with Gasteiger partial charge in [-0.15, -0.1) is 0 Å². The molecular weight excluding hydrogens is 246 g/mol. The third kappa shape index (κ3) is 4.73. The molecule has 1 aromatic heterocycles. The summed E-state index contributed by atoms with van der Waals surface area (Å²) in [6.45, 7) is 6.76. The Morgan fingerprint density at radius 3 is 2.89 bits per heavy atom. The van der Waals surface area contributed by atoms with E-state index in [1.54, 1.807) is 6.92 Å². The number of nitrogens with one attached hydrogen (secondary N) is 1. The summed E-state index contributed by atoms with van der Waals surface area (Å²) in [6.07, 6.45) is 2.88. The lowest BCUT2D eigenvalue weighted by molar-refractivity contribution is -0.141. The van der Waals surface area contributed by atoms with Crippen molar-refractivity contribution in [3.63, 3.8) is 0 Å². The fourth-order valence-corrected chi connectivity index (χ4v) is 1.63. The summed E-state index contributed by atoms with van der Waals surface area (Å²) >= 11 is 0. The van der Waals surface area contributed by atoms with Crippen LogP contribution in [0.5, 0.6) is 5.88 Å². The number of carbonyl (C=O) groups is 1. The summed E-state index contributed by atoms with van der Waals surface area (Å²) in [7, 11) is 0. The van der Waals surface area contributed by atoms with Gasteiger partial charge >= 0.3 is 5.97 Å². The topological polar surface area (TPSA) is 84.3 Å². The van der Waals surface area contributed by atoms with Crippen LogP contribution in [0.15, 0.2) is 6.33 Å². The van der Waals surface area contributed by atoms with Crippen molar-refractivity contribution in [3.05, 3.63) is 11.9 Å². The van der Waals surface area contributed by atoms with Crippen LogP contribution >= 0.6 is 0 Å². The Labute approximate surface area is 113 Å². The number of hydrogen-bond acceptors (Lipinski definition) is 5. The second kappa shape index (κ2) is 7.56. The minimum absolute atomic E-state index is 0.313. The first-order valence-corrected chi connectivity index (χ1v) is 6.47. The molecule has 0 bridgehead atoms. The molecule has 0 aliphatic carbocycles. The summed E-state index contributed by atoms with van der Waals surface area (Å²) < 4.78 is 5.38. The largest absolute Gasteiger partial charge is 0.481 e. The van der Waals surface area contributed by atoms with E-state index in [0.717, 1.165) is 17.8 Å². The van der Waals surface area contributed by atoms with Gasteiger partial charge in [0.1, 0.15) is 12.1 Å². The van der Waals surface area contributed by atoms with Crippen molar-refractivity contribution < 1.29 is 14.6 Å². The average molecular weight is 267 g/mol. The highest BCUT2D eigenvalue weighted by atomic mass is 16.5. The highest BCUT2D eigenvalue weighted by Gasteiger charge is 2.10. The zero-order valence-electron chi connectivity index (χ0n) is 11.6. The minimum Gasteiger partial charge on any atom is -0.481 e. The monoisotopic (exact) mass is 267 g/mol. The molecule has 1 unspecified atom stereocenters. The van der Waals surface area contributed by atoms with Crippen LogP contribution in [0.1, 0.15) is 32.3 Å². The van der Waals surface area contributed by atoms with Gasteiger partial charge in [-0.05, 0) is 26.7 Å². The zero-order chi connectivity index (χ0) is 14.3. The Bertz CT molecular complexity index is 424. The summed E-state index contributed by atoms with van der Waals surface area (Å²) in [5.74, 6) is 0.254. The van der Waals surface area contributed by atoms with E-state index >= 15 is 0 Å². The predicted molar refractivity (Wildman–Crippen MR) is 72.5 cm³/mol. The van der Waals surface area contributed by atoms with E-state index in [-0.39, 0.29) is 5.92 Å². The standard InChI is InChI=1S/C13H21N3O3/c1-4-19-12-10(3)11(15-8-16-12)14-7-5-6-9(2)13(17)18/h8-9H,4-7H2,1-3H3,(H,17,18)(H,14,15,16). The van der Waals surface area contributed by atoms with Gasteiger partial charge in [-0.25, -0.2) is 9.97 Å². The molecule has 0 radical (unpaired) electrons. The van der Waals surface area contributed by atoms with E-state index in [9.17, 15) is 4.79 Å². The van der Waals surface area contributed by atoms with Crippen molar-refractivity contribution in [2.24, 2.45) is 5.92 Å². The summed E-state index contributed by atoms with van der Waals surface area (Å²) in [6, 6.07) is 0. The lowest BCUT2D eigenvalue weighted by Crippen LogP contribution is -2.12. The normalized spacial score (nSPS) is 11.9. The quantitative estimate of drug-likeness (QED) is 0.702. The van der Waals surface area contributed by atoms with Crippen molar-refractivity contribution in [1.29, 1.82) is 0 Å². The first kappa shape index (κ1) is 15.2. The van der Waals surface area contributed by atoms with Gasteiger partial charge in [0.15, 0.2) is 0 Å². The Balaban J connectivity index is 2.45. The maximum atomic E-state index is 10.7. The van der Waals surface area contributed by atoms with Crippen LogP contribution in [0.2, 0.25) is 0 Å². The van der Waals surface area contributed by atoms with Gasteiger partial charge in [-0.1, -0.05) is 6.92 Å². The van der Waals surface area contributed by atoms with Crippen LogP contribution in [0.4, 0.5) is 5.82 Å². The number of aliphatic carboxylic acids is 1. The van der Waals surface area contributed by atoms with E-state index in [1.807, 2.05) is 13.8 Å². The number of anilines is 1. The summed E-state index contributed by atoms with van der Waals surface area (Å²) in [5, 5.41) is 12.0. The number of hydrogen-bond donors (Lipinski definition) is 2. The van der Waals surface area contributed by atoms with Crippen molar-refractivity contribution in [2.75, 3.05) is 18.5 Å². The molecule has 0 fully saturated rings. The summed E-state index contributed by atoms with van der Waals surface area (Å²) in [4.78, 5) is 18.9. The second-order valence-electron chi connectivity index (χ2n) is 4.39. The maximum Gasteiger partial charge on any atom is 0.306 e. The molecule has 1 aromatic rings. The maximum absolute atomic E-state index is 10.7. The van der Waals surface area contributed by atoms with E-state index in [0.29, 0.717) is 25.5 Å². The highest BCUT2D eigenvalue weighted by Crippen LogP contribution is 2.20. The number of nitrogens with zero attached hydrogens (tertiary/aromatic N) is 2. The molecule has 6 heteroatoms. The molecular formula is C13H21N3O3. The first-order chi connectivity index (χ1) is 9.06. The van der Waals surface area contributed by atoms with Gasteiger partial charge in [0.25, 0.3) is 0 Å². The van der Waals surface area contributed by atoms with E-state index < -0.39 is 5.97 Å². The molecule has 1 rings (SSSR count). The molecule has 1 heterocycles. The molecule has 106 valence electrons. The van der Waals surface area contributed by atoms with Gasteiger partial charge < -0.3 is 15.2 Å². The SMILES string of the molecule is CCOc1ncnc(NCCCC(C)C(=O)O)c1C. The Morgan fingerprint density at radius 2 is 2.26 bits per heavy atom. The molecule has 19 heavy (non-hydrogen) atoms. The molecule has 1 atom stereocenters. The third-order valence-corrected chi connectivity index (χ3v) is 2.85. The van der Waals surface area contributed by atoms with Gasteiger partial charge in [0.05, 0.1) is 18.1 Å². The van der Waals surface area contributed by atoms with Crippen LogP contribution in [0, 0.1) is 12.8 Å². The summed E-state index contributed by atoms with van der Waals surface area (Å²) in [5.41, 5.74) is 0.871.